The Balaban J connectivity index is 2.47. The van der Waals surface area contributed by atoms with Gasteiger partial charge in [0.25, 0.3) is 0 Å². The number of para-hydroxylation sites is 1. The van der Waals surface area contributed by atoms with Crippen molar-refractivity contribution in [2.45, 2.75) is 32.2 Å². The molecule has 15 heavy (non-hydrogen) atoms. The normalized spacial score (nSPS) is 22.9. The number of halogens is 1. The summed E-state index contributed by atoms with van der Waals surface area (Å²) in [4.78, 5) is 2.42. The number of fused-ring (bicyclic) bond motifs is 1. The Kier molecular flexibility index (Phi) is 2.68. The highest BCUT2D eigenvalue weighted by atomic mass is 35.5. The highest BCUT2D eigenvalue weighted by Crippen LogP contribution is 2.44. The maximum Gasteiger partial charge on any atom is 0.0408 e. The molecule has 2 heteroatoms. The predicted octanol–water partition coefficient (Wildman–Crippen LogP) is 3.41. The molecule has 1 aliphatic rings. The first-order valence-corrected chi connectivity index (χ1v) is 6.04. The fourth-order valence-corrected chi connectivity index (χ4v) is 2.68. The van der Waals surface area contributed by atoms with E-state index in [1.807, 2.05) is 0 Å². The Morgan fingerprint density at radius 3 is 2.67 bits per heavy atom. The van der Waals surface area contributed by atoms with Gasteiger partial charge in [-0.05, 0) is 18.6 Å². The van der Waals surface area contributed by atoms with Gasteiger partial charge in [0.15, 0.2) is 0 Å². The fraction of sp³-hybridized carbons (Fsp3) is 0.538. The van der Waals surface area contributed by atoms with Crippen LogP contribution >= 0.6 is 11.6 Å². The number of anilines is 1. The summed E-state index contributed by atoms with van der Waals surface area (Å²) in [6.07, 6.45) is 0. The summed E-state index contributed by atoms with van der Waals surface area (Å²) < 4.78 is 0. The van der Waals surface area contributed by atoms with E-state index in [4.69, 9.17) is 11.6 Å². The van der Waals surface area contributed by atoms with Crippen molar-refractivity contribution < 1.29 is 0 Å². The van der Waals surface area contributed by atoms with Crippen molar-refractivity contribution in [2.75, 3.05) is 17.3 Å². The molecule has 1 heterocycles. The topological polar surface area (TPSA) is 3.24 Å². The van der Waals surface area contributed by atoms with Gasteiger partial charge in [-0.1, -0.05) is 32.0 Å². The SMILES string of the molecule is CC1N(CCCl)c2ccccc2C1(C)C. The molecule has 0 amide bonds. The van der Waals surface area contributed by atoms with Crippen LogP contribution in [0.2, 0.25) is 0 Å². The first kappa shape index (κ1) is 10.8. The summed E-state index contributed by atoms with van der Waals surface area (Å²) in [7, 11) is 0. The molecular weight excluding hydrogens is 206 g/mol. The molecule has 0 N–H and O–H groups in total. The number of hydrogen-bond donors (Lipinski definition) is 0. The monoisotopic (exact) mass is 223 g/mol. The quantitative estimate of drug-likeness (QED) is 0.695. The number of rotatable bonds is 2. The van der Waals surface area contributed by atoms with Crippen LogP contribution < -0.4 is 4.90 Å². The number of nitrogens with zero attached hydrogens (tertiary/aromatic N) is 1. The van der Waals surface area contributed by atoms with Crippen LogP contribution in [0.5, 0.6) is 0 Å². The van der Waals surface area contributed by atoms with Gasteiger partial charge in [0.1, 0.15) is 0 Å². The zero-order chi connectivity index (χ0) is 11.1. The van der Waals surface area contributed by atoms with Gasteiger partial charge >= 0.3 is 0 Å². The van der Waals surface area contributed by atoms with E-state index >= 15 is 0 Å². The van der Waals surface area contributed by atoms with Gasteiger partial charge in [0.05, 0.1) is 0 Å². The molecule has 2 rings (SSSR count). The Hall–Kier alpha value is -0.690. The van der Waals surface area contributed by atoms with Crippen LogP contribution in [-0.4, -0.2) is 18.5 Å². The minimum atomic E-state index is 0.225. The number of hydrogen-bond acceptors (Lipinski definition) is 1. The third-order valence-electron chi connectivity index (χ3n) is 3.75. The minimum Gasteiger partial charge on any atom is -0.367 e. The first-order valence-electron chi connectivity index (χ1n) is 5.51. The molecule has 0 saturated heterocycles. The molecule has 1 aromatic carbocycles. The maximum atomic E-state index is 5.86. The van der Waals surface area contributed by atoms with Crippen molar-refractivity contribution in [2.24, 2.45) is 0 Å². The molecular formula is C13H18ClN. The largest absolute Gasteiger partial charge is 0.367 e. The molecule has 82 valence electrons. The third-order valence-corrected chi connectivity index (χ3v) is 3.91. The molecule has 1 unspecified atom stereocenters. The molecule has 0 spiro atoms. The van der Waals surface area contributed by atoms with E-state index < -0.39 is 0 Å². The smallest absolute Gasteiger partial charge is 0.0408 e. The van der Waals surface area contributed by atoms with E-state index in [-0.39, 0.29) is 5.41 Å². The van der Waals surface area contributed by atoms with Gasteiger partial charge in [0, 0.05) is 29.6 Å². The molecule has 0 fully saturated rings. The second kappa shape index (κ2) is 3.71. The molecule has 1 atom stereocenters. The average Bonchev–Trinajstić information content (AvgIpc) is 2.42. The minimum absolute atomic E-state index is 0.225. The summed E-state index contributed by atoms with van der Waals surface area (Å²) in [6.45, 7) is 7.84. The zero-order valence-corrected chi connectivity index (χ0v) is 10.4. The summed E-state index contributed by atoms with van der Waals surface area (Å²) in [5, 5.41) is 0. The average molecular weight is 224 g/mol. The maximum absolute atomic E-state index is 5.86. The third kappa shape index (κ3) is 1.53. The van der Waals surface area contributed by atoms with Crippen molar-refractivity contribution in [1.29, 1.82) is 0 Å². The van der Waals surface area contributed by atoms with Gasteiger partial charge in [-0.15, -0.1) is 11.6 Å². The van der Waals surface area contributed by atoms with Gasteiger partial charge in [0.2, 0.25) is 0 Å². The Bertz CT molecular complexity index is 359. The lowest BCUT2D eigenvalue weighted by molar-refractivity contribution is 0.445. The van der Waals surface area contributed by atoms with Crippen LogP contribution in [0.25, 0.3) is 0 Å². The van der Waals surface area contributed by atoms with Crippen LogP contribution in [0.3, 0.4) is 0 Å². The van der Waals surface area contributed by atoms with E-state index in [0.717, 1.165) is 6.54 Å². The molecule has 0 radical (unpaired) electrons. The van der Waals surface area contributed by atoms with Crippen LogP contribution in [0.4, 0.5) is 5.69 Å². The highest BCUT2D eigenvalue weighted by molar-refractivity contribution is 6.18. The van der Waals surface area contributed by atoms with Crippen molar-refractivity contribution in [3.63, 3.8) is 0 Å². The molecule has 1 nitrogen and oxygen atoms in total. The molecule has 0 aromatic heterocycles. The van der Waals surface area contributed by atoms with E-state index in [0.29, 0.717) is 11.9 Å². The van der Waals surface area contributed by atoms with E-state index in [1.165, 1.54) is 11.3 Å². The fourth-order valence-electron chi connectivity index (χ4n) is 2.50. The van der Waals surface area contributed by atoms with Crippen LogP contribution in [0.1, 0.15) is 26.3 Å². The summed E-state index contributed by atoms with van der Waals surface area (Å²) in [5.74, 6) is 0.689. The number of alkyl halides is 1. The van der Waals surface area contributed by atoms with E-state index in [2.05, 4.69) is 49.9 Å². The van der Waals surface area contributed by atoms with Gasteiger partial charge in [-0.3, -0.25) is 0 Å². The lowest BCUT2D eigenvalue weighted by Crippen LogP contribution is -2.39. The van der Waals surface area contributed by atoms with Gasteiger partial charge < -0.3 is 4.90 Å². The van der Waals surface area contributed by atoms with Gasteiger partial charge in [-0.2, -0.15) is 0 Å². The van der Waals surface area contributed by atoms with Crippen LogP contribution in [-0.2, 0) is 5.41 Å². The second-order valence-corrected chi connectivity index (χ2v) is 5.18. The molecule has 1 aromatic rings. The van der Waals surface area contributed by atoms with Crippen molar-refractivity contribution >= 4 is 17.3 Å². The van der Waals surface area contributed by atoms with Crippen LogP contribution in [0, 0.1) is 0 Å². The van der Waals surface area contributed by atoms with E-state index in [1.54, 1.807) is 0 Å². The van der Waals surface area contributed by atoms with Crippen molar-refractivity contribution in [3.8, 4) is 0 Å². The first-order chi connectivity index (χ1) is 7.09. The predicted molar refractivity (Wildman–Crippen MR) is 67.0 cm³/mol. The number of benzene rings is 1. The second-order valence-electron chi connectivity index (χ2n) is 4.80. The Morgan fingerprint density at radius 1 is 1.33 bits per heavy atom. The van der Waals surface area contributed by atoms with E-state index in [9.17, 15) is 0 Å². The lowest BCUT2D eigenvalue weighted by atomic mass is 9.81. The molecule has 0 bridgehead atoms. The Morgan fingerprint density at radius 2 is 2.00 bits per heavy atom. The van der Waals surface area contributed by atoms with Crippen LogP contribution in [0.15, 0.2) is 24.3 Å². The molecule has 0 saturated carbocycles. The molecule has 1 aliphatic heterocycles. The zero-order valence-electron chi connectivity index (χ0n) is 9.63. The molecule has 0 aliphatic carbocycles. The Labute approximate surface area is 97.0 Å². The van der Waals surface area contributed by atoms with Crippen molar-refractivity contribution in [3.05, 3.63) is 29.8 Å². The summed E-state index contributed by atoms with van der Waals surface area (Å²) in [6, 6.07) is 9.19. The standard InChI is InChI=1S/C13H18ClN/c1-10-13(2,3)11-6-4-5-7-12(11)15(10)9-8-14/h4-7,10H,8-9H2,1-3H3. The summed E-state index contributed by atoms with van der Waals surface area (Å²) >= 11 is 5.86. The van der Waals surface area contributed by atoms with Crippen molar-refractivity contribution in [1.82, 2.24) is 0 Å². The lowest BCUT2D eigenvalue weighted by Gasteiger charge is -2.31. The summed E-state index contributed by atoms with van der Waals surface area (Å²) in [5.41, 5.74) is 3.03. The van der Waals surface area contributed by atoms with Gasteiger partial charge in [-0.25, -0.2) is 0 Å². The highest BCUT2D eigenvalue weighted by Gasteiger charge is 2.40.